The Morgan fingerprint density at radius 1 is 1.50 bits per heavy atom. The van der Waals surface area contributed by atoms with E-state index in [-0.39, 0.29) is 11.7 Å². The van der Waals surface area contributed by atoms with E-state index in [2.05, 4.69) is 10.3 Å². The van der Waals surface area contributed by atoms with E-state index in [9.17, 15) is 9.18 Å². The van der Waals surface area contributed by atoms with Crippen LogP contribution in [0.2, 0.25) is 0 Å². The summed E-state index contributed by atoms with van der Waals surface area (Å²) in [7, 11) is 0. The second-order valence-electron chi connectivity index (χ2n) is 3.71. The van der Waals surface area contributed by atoms with Gasteiger partial charge in [0.15, 0.2) is 5.13 Å². The van der Waals surface area contributed by atoms with Crippen molar-refractivity contribution in [2.45, 2.75) is 6.42 Å². The number of carbonyl (C=O) groups is 1. The molecule has 0 unspecified atom stereocenters. The van der Waals surface area contributed by atoms with E-state index in [0.717, 1.165) is 5.56 Å². The summed E-state index contributed by atoms with van der Waals surface area (Å²) in [4.78, 5) is 15.5. The lowest BCUT2D eigenvalue weighted by Crippen LogP contribution is -2.26. The number of rotatable bonds is 4. The molecule has 6 heteroatoms. The van der Waals surface area contributed by atoms with Crippen LogP contribution in [0.1, 0.15) is 16.1 Å². The average Bonchev–Trinajstić information content (AvgIpc) is 2.76. The predicted octanol–water partition coefficient (Wildman–Crippen LogP) is 1.84. The van der Waals surface area contributed by atoms with E-state index in [1.807, 2.05) is 6.07 Å². The molecular weight excluding hydrogens is 253 g/mol. The van der Waals surface area contributed by atoms with Gasteiger partial charge in [-0.15, -0.1) is 11.3 Å². The van der Waals surface area contributed by atoms with Gasteiger partial charge in [-0.3, -0.25) is 4.79 Å². The van der Waals surface area contributed by atoms with Crippen molar-refractivity contribution in [2.75, 3.05) is 12.3 Å². The van der Waals surface area contributed by atoms with Crippen molar-refractivity contribution in [1.29, 1.82) is 0 Å². The number of anilines is 1. The number of carbonyl (C=O) groups excluding carboxylic acids is 1. The molecule has 0 aliphatic heterocycles. The zero-order valence-corrected chi connectivity index (χ0v) is 10.3. The number of hydrogen-bond donors (Lipinski definition) is 2. The molecule has 1 aromatic carbocycles. The third-order valence-corrected chi connectivity index (χ3v) is 3.02. The summed E-state index contributed by atoms with van der Waals surface area (Å²) in [6.07, 6.45) is 0.573. The summed E-state index contributed by atoms with van der Waals surface area (Å²) in [6, 6.07) is 6.30. The minimum Gasteiger partial charge on any atom is -0.375 e. The molecule has 0 aliphatic rings. The second kappa shape index (κ2) is 5.59. The highest BCUT2D eigenvalue weighted by atomic mass is 32.1. The zero-order chi connectivity index (χ0) is 13.0. The highest BCUT2D eigenvalue weighted by molar-refractivity contribution is 7.13. The van der Waals surface area contributed by atoms with Crippen molar-refractivity contribution in [3.8, 4) is 0 Å². The minimum absolute atomic E-state index is 0.264. The molecule has 0 saturated heterocycles. The highest BCUT2D eigenvalue weighted by Crippen LogP contribution is 2.10. The molecule has 4 nitrogen and oxygen atoms in total. The van der Waals surface area contributed by atoms with Crippen LogP contribution in [0.3, 0.4) is 0 Å². The predicted molar refractivity (Wildman–Crippen MR) is 69.0 cm³/mol. The first-order valence-corrected chi connectivity index (χ1v) is 6.27. The van der Waals surface area contributed by atoms with E-state index in [1.165, 1.54) is 23.5 Å². The van der Waals surface area contributed by atoms with Crippen LogP contribution >= 0.6 is 11.3 Å². The van der Waals surface area contributed by atoms with Crippen molar-refractivity contribution >= 4 is 22.4 Å². The van der Waals surface area contributed by atoms with Gasteiger partial charge in [0.25, 0.3) is 5.91 Å². The number of nitrogens with two attached hydrogens (primary N) is 1. The minimum atomic E-state index is -0.272. The van der Waals surface area contributed by atoms with Crippen LogP contribution < -0.4 is 11.1 Å². The summed E-state index contributed by atoms with van der Waals surface area (Å²) in [5.41, 5.74) is 6.60. The van der Waals surface area contributed by atoms with Gasteiger partial charge in [-0.25, -0.2) is 9.37 Å². The number of thiazole rings is 1. The van der Waals surface area contributed by atoms with Crippen molar-refractivity contribution in [3.63, 3.8) is 0 Å². The topological polar surface area (TPSA) is 68.0 Å². The molecular formula is C12H12FN3OS. The molecule has 0 radical (unpaired) electrons. The molecule has 18 heavy (non-hydrogen) atoms. The molecule has 3 N–H and O–H groups in total. The first-order valence-electron chi connectivity index (χ1n) is 5.39. The molecule has 0 atom stereocenters. The Hall–Kier alpha value is -1.95. The Bertz CT molecular complexity index is 556. The summed E-state index contributed by atoms with van der Waals surface area (Å²) in [5.74, 6) is -0.537. The third kappa shape index (κ3) is 3.27. The lowest BCUT2D eigenvalue weighted by molar-refractivity contribution is 0.0950. The summed E-state index contributed by atoms with van der Waals surface area (Å²) in [5, 5.41) is 4.68. The maximum Gasteiger partial charge on any atom is 0.270 e. The Morgan fingerprint density at radius 2 is 2.33 bits per heavy atom. The number of amides is 1. The fourth-order valence-corrected chi connectivity index (χ4v) is 2.04. The van der Waals surface area contributed by atoms with Gasteiger partial charge < -0.3 is 11.1 Å². The molecule has 94 valence electrons. The molecule has 2 rings (SSSR count). The molecule has 2 aromatic rings. The fourth-order valence-electron chi connectivity index (χ4n) is 1.50. The Balaban J connectivity index is 1.84. The van der Waals surface area contributed by atoms with Gasteiger partial charge in [0, 0.05) is 11.9 Å². The Morgan fingerprint density at radius 3 is 3.00 bits per heavy atom. The number of nitrogen functional groups attached to an aromatic ring is 1. The molecule has 0 bridgehead atoms. The van der Waals surface area contributed by atoms with Gasteiger partial charge in [0.1, 0.15) is 11.5 Å². The first-order chi connectivity index (χ1) is 8.65. The van der Waals surface area contributed by atoms with Gasteiger partial charge in [0.05, 0.1) is 0 Å². The molecule has 0 spiro atoms. The molecule has 1 aromatic heterocycles. The van der Waals surface area contributed by atoms with Gasteiger partial charge in [-0.2, -0.15) is 0 Å². The first kappa shape index (κ1) is 12.5. The van der Waals surface area contributed by atoms with E-state index >= 15 is 0 Å². The van der Waals surface area contributed by atoms with E-state index in [1.54, 1.807) is 11.4 Å². The van der Waals surface area contributed by atoms with E-state index in [4.69, 9.17) is 5.73 Å². The number of nitrogens with zero attached hydrogens (tertiary/aromatic N) is 1. The Kier molecular flexibility index (Phi) is 3.88. The largest absolute Gasteiger partial charge is 0.375 e. The zero-order valence-electron chi connectivity index (χ0n) is 9.52. The molecule has 1 heterocycles. The smallest absolute Gasteiger partial charge is 0.270 e. The third-order valence-electron chi connectivity index (χ3n) is 2.34. The number of nitrogens with one attached hydrogen (secondary N) is 1. The van der Waals surface area contributed by atoms with Crippen molar-refractivity contribution in [3.05, 3.63) is 46.7 Å². The highest BCUT2D eigenvalue weighted by Gasteiger charge is 2.08. The van der Waals surface area contributed by atoms with Gasteiger partial charge in [-0.05, 0) is 24.1 Å². The second-order valence-corrected chi connectivity index (χ2v) is 4.60. The Labute approximate surface area is 108 Å². The van der Waals surface area contributed by atoms with Crippen LogP contribution in [0.5, 0.6) is 0 Å². The summed E-state index contributed by atoms with van der Waals surface area (Å²) in [6.45, 7) is 0.430. The number of hydrogen-bond acceptors (Lipinski definition) is 4. The van der Waals surface area contributed by atoms with Crippen LogP contribution in [-0.4, -0.2) is 17.4 Å². The van der Waals surface area contributed by atoms with Gasteiger partial charge >= 0.3 is 0 Å². The fraction of sp³-hybridized carbons (Fsp3) is 0.167. The van der Waals surface area contributed by atoms with Crippen molar-refractivity contribution in [2.24, 2.45) is 0 Å². The molecule has 0 fully saturated rings. The molecule has 0 saturated carbocycles. The average molecular weight is 265 g/mol. The van der Waals surface area contributed by atoms with Gasteiger partial charge in [-0.1, -0.05) is 12.1 Å². The van der Waals surface area contributed by atoms with Crippen LogP contribution in [0.4, 0.5) is 9.52 Å². The van der Waals surface area contributed by atoms with Crippen molar-refractivity contribution < 1.29 is 9.18 Å². The number of aromatic nitrogens is 1. The van der Waals surface area contributed by atoms with Gasteiger partial charge in [0.2, 0.25) is 0 Å². The standard InChI is InChI=1S/C12H12FN3OS/c13-9-3-1-2-8(6-9)4-5-15-11(17)10-7-18-12(14)16-10/h1-3,6-7H,4-5H2,(H2,14,16)(H,15,17). The van der Waals surface area contributed by atoms with Crippen LogP contribution in [-0.2, 0) is 6.42 Å². The normalized spacial score (nSPS) is 10.3. The molecule has 1 amide bonds. The SMILES string of the molecule is Nc1nc(C(=O)NCCc2cccc(F)c2)cs1. The molecule has 0 aliphatic carbocycles. The lowest BCUT2D eigenvalue weighted by atomic mass is 10.1. The van der Waals surface area contributed by atoms with E-state index < -0.39 is 0 Å². The maximum absolute atomic E-state index is 12.9. The number of benzene rings is 1. The van der Waals surface area contributed by atoms with Crippen molar-refractivity contribution in [1.82, 2.24) is 10.3 Å². The van der Waals surface area contributed by atoms with Crippen LogP contribution in [0.25, 0.3) is 0 Å². The maximum atomic E-state index is 12.9. The lowest BCUT2D eigenvalue weighted by Gasteiger charge is -2.03. The van der Waals surface area contributed by atoms with E-state index in [0.29, 0.717) is 23.8 Å². The monoisotopic (exact) mass is 265 g/mol. The quantitative estimate of drug-likeness (QED) is 0.886. The summed E-state index contributed by atoms with van der Waals surface area (Å²) < 4.78 is 12.9. The van der Waals surface area contributed by atoms with Crippen LogP contribution in [0, 0.1) is 5.82 Å². The summed E-state index contributed by atoms with van der Waals surface area (Å²) >= 11 is 1.22. The number of halogens is 1. The van der Waals surface area contributed by atoms with Crippen LogP contribution in [0.15, 0.2) is 29.6 Å².